The van der Waals surface area contributed by atoms with Gasteiger partial charge in [-0.3, -0.25) is 0 Å². The van der Waals surface area contributed by atoms with Gasteiger partial charge < -0.3 is 24.8 Å². The normalized spacial score (nSPS) is 21.6. The molecule has 0 amide bonds. The fourth-order valence-electron chi connectivity index (χ4n) is 6.26. The van der Waals surface area contributed by atoms with Gasteiger partial charge in [-0.1, -0.05) is 54.3 Å². The molecule has 2 aliphatic heterocycles. The third-order valence-electron chi connectivity index (χ3n) is 8.32. The van der Waals surface area contributed by atoms with Crippen molar-refractivity contribution in [3.8, 4) is 11.1 Å². The number of hydrogen-bond acceptors (Lipinski definition) is 1. The van der Waals surface area contributed by atoms with Crippen molar-refractivity contribution < 1.29 is 49.5 Å². The molecule has 0 saturated carbocycles. The van der Waals surface area contributed by atoms with Crippen LogP contribution in [-0.4, -0.2) is 8.07 Å². The van der Waals surface area contributed by atoms with Crippen LogP contribution >= 0.6 is 11.8 Å². The molecule has 38 heavy (non-hydrogen) atoms. The molecule has 0 bridgehead atoms. The molecule has 5 heteroatoms. The number of fused-ring (bicyclic) bond motifs is 1. The molecule has 0 radical (unpaired) electrons. The molecule has 199 valence electrons. The van der Waals surface area contributed by atoms with Crippen molar-refractivity contribution in [2.24, 2.45) is 5.92 Å². The summed E-state index contributed by atoms with van der Waals surface area (Å²) in [6.45, 7) is 16.4. The molecule has 2 aromatic carbocycles. The monoisotopic (exact) mass is 655 g/mol. The smallest absolute Gasteiger partial charge is 1.00 e. The second-order valence-corrected chi connectivity index (χ2v) is 19.0. The average Bonchev–Trinajstić information content (AvgIpc) is 3.48. The predicted molar refractivity (Wildman–Crippen MR) is 158 cm³/mol. The van der Waals surface area contributed by atoms with Gasteiger partial charge in [-0.25, -0.2) is 0 Å². The Hall–Kier alpha value is -0.570. The van der Waals surface area contributed by atoms with Crippen molar-refractivity contribution in [3.63, 3.8) is 0 Å². The van der Waals surface area contributed by atoms with E-state index in [1.807, 2.05) is 5.20 Å². The molecule has 2 aromatic rings. The van der Waals surface area contributed by atoms with E-state index in [1.54, 1.807) is 45.3 Å². The van der Waals surface area contributed by atoms with Gasteiger partial charge in [0.15, 0.2) is 0 Å². The second kappa shape index (κ2) is 12.1. The molecule has 0 N–H and O–H groups in total. The molecular weight excluding hydrogens is 619 g/mol. The summed E-state index contributed by atoms with van der Waals surface area (Å²) < 4.78 is 0.658. The van der Waals surface area contributed by atoms with E-state index in [1.165, 1.54) is 47.1 Å². The Bertz CT molecular complexity index is 1330. The predicted octanol–water partition coefficient (Wildman–Crippen LogP) is 4.08. The van der Waals surface area contributed by atoms with Gasteiger partial charge in [-0.2, -0.15) is 0 Å². The summed E-state index contributed by atoms with van der Waals surface area (Å²) in [7, 11) is -1.08. The summed E-state index contributed by atoms with van der Waals surface area (Å²) >= 11 is 3.67. The molecule has 0 aromatic heterocycles. The molecule has 2 aliphatic carbocycles. The number of halogens is 2. The molecule has 6 rings (SSSR count). The largest absolute Gasteiger partial charge is 1.00 e. The number of benzene rings is 2. The average molecular weight is 658 g/mol. The van der Waals surface area contributed by atoms with Gasteiger partial charge in [-0.15, -0.1) is 0 Å². The summed E-state index contributed by atoms with van der Waals surface area (Å²) in [4.78, 5) is 3.32. The quantitative estimate of drug-likeness (QED) is 0.447. The Kier molecular flexibility index (Phi) is 10.2. The van der Waals surface area contributed by atoms with Gasteiger partial charge in [0.1, 0.15) is 8.07 Å². The maximum absolute atomic E-state index is 2.50. The summed E-state index contributed by atoms with van der Waals surface area (Å²) in [6.07, 6.45) is 10.9. The van der Waals surface area contributed by atoms with Crippen LogP contribution in [0.5, 0.6) is 0 Å². The first-order valence-corrected chi connectivity index (χ1v) is 18.8. The molecule has 1 fully saturated rings. The topological polar surface area (TPSA) is 0 Å². The van der Waals surface area contributed by atoms with Crippen LogP contribution < -0.4 is 24.8 Å². The number of allylic oxidation sites excluding steroid dienone is 7. The second-order valence-electron chi connectivity index (χ2n) is 12.1. The van der Waals surface area contributed by atoms with Crippen LogP contribution in [0.4, 0.5) is 0 Å². The van der Waals surface area contributed by atoms with E-state index < -0.39 is 8.07 Å². The first kappa shape index (κ1) is 32.0. The Morgan fingerprint density at radius 1 is 0.947 bits per heavy atom. The van der Waals surface area contributed by atoms with Crippen LogP contribution in [0.3, 0.4) is 0 Å². The first-order valence-electron chi connectivity index (χ1n) is 13.6. The van der Waals surface area contributed by atoms with Crippen LogP contribution in [-0.2, 0) is 30.1 Å². The summed E-state index contributed by atoms with van der Waals surface area (Å²) in [5, 5.41) is 3.64. The Balaban J connectivity index is 0.000000227. The zero-order chi connectivity index (χ0) is 25.8. The van der Waals surface area contributed by atoms with Crippen LogP contribution in [0.2, 0.25) is 13.1 Å². The van der Waals surface area contributed by atoms with E-state index in [2.05, 4.69) is 120 Å². The van der Waals surface area contributed by atoms with Crippen LogP contribution in [0, 0.1) is 5.92 Å². The summed E-state index contributed by atoms with van der Waals surface area (Å²) in [5.41, 5.74) is 8.95. The Labute approximate surface area is 263 Å². The summed E-state index contributed by atoms with van der Waals surface area (Å²) in [6, 6.07) is 16.0. The van der Waals surface area contributed by atoms with E-state index in [9.17, 15) is 0 Å². The van der Waals surface area contributed by atoms with Gasteiger partial charge in [0.05, 0.1) is 0 Å². The van der Waals surface area contributed by atoms with E-state index in [-0.39, 0.29) is 30.2 Å². The van der Waals surface area contributed by atoms with Gasteiger partial charge in [0.25, 0.3) is 0 Å². The van der Waals surface area contributed by atoms with Crippen molar-refractivity contribution in [1.82, 2.24) is 0 Å². The van der Waals surface area contributed by atoms with E-state index in [0.717, 1.165) is 5.92 Å². The molecule has 0 nitrogen and oxygen atoms in total. The molecule has 0 spiro atoms. The van der Waals surface area contributed by atoms with E-state index in [4.69, 9.17) is 0 Å². The fourth-order valence-corrected chi connectivity index (χ4v) is 13.2. The summed E-state index contributed by atoms with van der Waals surface area (Å²) in [5.74, 6) is 0.793. The maximum Gasteiger partial charge on any atom is -1.00 e. The molecular formula is C33H39Cl2SSiZr. The van der Waals surface area contributed by atoms with Gasteiger partial charge in [-0.05, 0) is 16.2 Å². The minimum atomic E-state index is -1.08. The number of rotatable bonds is 4. The molecule has 1 saturated heterocycles. The van der Waals surface area contributed by atoms with E-state index >= 15 is 0 Å². The van der Waals surface area contributed by atoms with Crippen LogP contribution in [0.1, 0.15) is 74.2 Å². The van der Waals surface area contributed by atoms with Gasteiger partial charge in [0.2, 0.25) is 0 Å². The molecule has 2 atom stereocenters. The van der Waals surface area contributed by atoms with Crippen LogP contribution in [0.25, 0.3) is 17.2 Å². The molecule has 4 aliphatic rings. The van der Waals surface area contributed by atoms with Crippen molar-refractivity contribution in [1.29, 1.82) is 0 Å². The standard InChI is InChI=1S/C22H25.C11H14SSi.2ClH.Zr/c1-5-7-16-14-18-8-6-9-20(21(18)15-16)17-10-12-19(13-11-17)22(2,3)4;1-4-7-11-10-8(12-7)5-6-9(10)13(11,2)3;;;/h6,8-15H,5,7H2,1-4H3;5-6,10H,4H2,1-3H3;2*1H;/q;;;;+2/p-2. The maximum atomic E-state index is 2.50. The third kappa shape index (κ3) is 5.49. The van der Waals surface area contributed by atoms with Crippen molar-refractivity contribution in [3.05, 3.63) is 97.1 Å². The van der Waals surface area contributed by atoms with E-state index in [0.29, 0.717) is 3.63 Å². The molecule has 2 unspecified atom stereocenters. The Morgan fingerprint density at radius 3 is 2.24 bits per heavy atom. The Morgan fingerprint density at radius 2 is 1.63 bits per heavy atom. The van der Waals surface area contributed by atoms with Crippen molar-refractivity contribution >= 4 is 25.9 Å². The molecule has 2 heterocycles. The zero-order valence-electron chi connectivity index (χ0n) is 23.7. The number of thioether (sulfide) groups is 1. The minimum Gasteiger partial charge on any atom is -1.00 e. The van der Waals surface area contributed by atoms with Gasteiger partial charge in [0, 0.05) is 5.92 Å². The van der Waals surface area contributed by atoms with Crippen molar-refractivity contribution in [2.45, 2.75) is 76.0 Å². The van der Waals surface area contributed by atoms with Crippen LogP contribution in [0.15, 0.2) is 80.4 Å². The zero-order valence-corrected chi connectivity index (χ0v) is 29.5. The number of hydrogen-bond donors (Lipinski definition) is 0. The van der Waals surface area contributed by atoms with Crippen molar-refractivity contribution in [2.75, 3.05) is 0 Å². The van der Waals surface area contributed by atoms with Gasteiger partial charge >= 0.3 is 156 Å². The third-order valence-corrected chi connectivity index (χ3v) is 15.4. The fraction of sp³-hybridized carbons (Fsp3) is 0.394. The SMILES string of the molecule is CCC1=C2C3C(=CC=C3[Si]2(C)C)S1.CCCC1=Cc2c(-c3ccc(C(C)(C)C)cc3)cccc2[CH]1[Zr+2].[Cl-].[Cl-]. The minimum absolute atomic E-state index is 0. The first-order chi connectivity index (χ1) is 17.1.